The molecule has 2 rings (SSSR count). The van der Waals surface area contributed by atoms with Crippen molar-refractivity contribution in [1.29, 1.82) is 0 Å². The number of nitro groups is 1. The van der Waals surface area contributed by atoms with Crippen LogP contribution in [0.25, 0.3) is 10.2 Å². The molecule has 0 unspecified atom stereocenters. The van der Waals surface area contributed by atoms with E-state index in [1.54, 1.807) is 17.6 Å². The Morgan fingerprint density at radius 3 is 3.00 bits per heavy atom. The first kappa shape index (κ1) is 8.82. The summed E-state index contributed by atoms with van der Waals surface area (Å²) in [6.45, 7) is 0. The summed E-state index contributed by atoms with van der Waals surface area (Å²) in [6, 6.07) is 3.50. The molecule has 0 amide bonds. The molecule has 13 heavy (non-hydrogen) atoms. The van der Waals surface area contributed by atoms with Crippen molar-refractivity contribution in [1.82, 2.24) is 4.98 Å². The zero-order chi connectivity index (χ0) is 9.42. The maximum atomic E-state index is 10.7. The van der Waals surface area contributed by atoms with Gasteiger partial charge in [-0.05, 0) is 34.7 Å². The first-order valence-electron chi connectivity index (χ1n) is 3.36. The van der Waals surface area contributed by atoms with Gasteiger partial charge >= 0.3 is 5.69 Å². The van der Waals surface area contributed by atoms with E-state index in [0.29, 0.717) is 13.8 Å². The highest BCUT2D eigenvalue weighted by molar-refractivity contribution is 14.1. The lowest BCUT2D eigenvalue weighted by molar-refractivity contribution is -0.383. The second-order valence-corrected chi connectivity index (χ2v) is 4.37. The predicted octanol–water partition coefficient (Wildman–Crippen LogP) is 2.81. The first-order chi connectivity index (χ1) is 6.20. The molecule has 0 aliphatic heterocycles. The van der Waals surface area contributed by atoms with E-state index in [-0.39, 0.29) is 10.6 Å². The first-order valence-corrected chi connectivity index (χ1v) is 5.32. The zero-order valence-electron chi connectivity index (χ0n) is 6.23. The number of halogens is 1. The van der Waals surface area contributed by atoms with Crippen LogP contribution in [0.4, 0.5) is 5.69 Å². The van der Waals surface area contributed by atoms with E-state index in [4.69, 9.17) is 0 Å². The molecule has 4 nitrogen and oxygen atoms in total. The quantitative estimate of drug-likeness (QED) is 0.462. The average Bonchev–Trinajstić information content (AvgIpc) is 2.50. The van der Waals surface area contributed by atoms with Gasteiger partial charge in [-0.25, -0.2) is 4.98 Å². The van der Waals surface area contributed by atoms with Crippen molar-refractivity contribution in [3.8, 4) is 0 Å². The summed E-state index contributed by atoms with van der Waals surface area (Å²) in [7, 11) is 0. The number of rotatable bonds is 1. The summed E-state index contributed by atoms with van der Waals surface area (Å²) >= 11 is 3.26. The maximum absolute atomic E-state index is 10.7. The smallest absolute Gasteiger partial charge is 0.258 e. The minimum absolute atomic E-state index is 0.167. The van der Waals surface area contributed by atoms with E-state index >= 15 is 0 Å². The number of fused-ring (bicyclic) bond motifs is 1. The van der Waals surface area contributed by atoms with Gasteiger partial charge in [-0.1, -0.05) is 0 Å². The van der Waals surface area contributed by atoms with Crippen molar-refractivity contribution >= 4 is 49.8 Å². The van der Waals surface area contributed by atoms with E-state index in [2.05, 4.69) is 4.98 Å². The van der Waals surface area contributed by atoms with Crippen LogP contribution in [0.2, 0.25) is 0 Å². The Morgan fingerprint density at radius 2 is 2.31 bits per heavy atom. The number of thiazole rings is 1. The largest absolute Gasteiger partial charge is 0.301 e. The molecule has 6 heteroatoms. The summed E-state index contributed by atoms with van der Waals surface area (Å²) in [6.07, 6.45) is 0. The monoisotopic (exact) mass is 306 g/mol. The Labute approximate surface area is 90.9 Å². The van der Waals surface area contributed by atoms with Gasteiger partial charge in [0.05, 0.1) is 19.5 Å². The number of aromatic nitrogens is 1. The van der Waals surface area contributed by atoms with E-state index in [9.17, 15) is 10.1 Å². The van der Waals surface area contributed by atoms with Crippen molar-refractivity contribution in [2.24, 2.45) is 0 Å². The van der Waals surface area contributed by atoms with E-state index in [1.165, 1.54) is 11.3 Å². The van der Waals surface area contributed by atoms with E-state index in [1.807, 2.05) is 22.6 Å². The van der Waals surface area contributed by atoms with Crippen LogP contribution < -0.4 is 0 Å². The summed E-state index contributed by atoms with van der Waals surface area (Å²) in [5.74, 6) is 0. The fourth-order valence-corrected chi connectivity index (χ4v) is 2.70. The predicted molar refractivity (Wildman–Crippen MR) is 59.0 cm³/mol. The van der Waals surface area contributed by atoms with Gasteiger partial charge in [0.15, 0.2) is 0 Å². The lowest BCUT2D eigenvalue weighted by Gasteiger charge is -1.94. The molecule has 1 aromatic carbocycles. The van der Waals surface area contributed by atoms with Crippen LogP contribution in [-0.2, 0) is 0 Å². The molecule has 2 aromatic rings. The Hall–Kier alpha value is -0.760. The Balaban J connectivity index is 2.88. The number of benzene rings is 1. The molecule has 1 heterocycles. The molecule has 66 valence electrons. The highest BCUT2D eigenvalue weighted by atomic mass is 127. The van der Waals surface area contributed by atoms with Crippen molar-refractivity contribution in [2.45, 2.75) is 0 Å². The van der Waals surface area contributed by atoms with Crippen molar-refractivity contribution in [3.05, 3.63) is 31.3 Å². The van der Waals surface area contributed by atoms with Crippen molar-refractivity contribution < 1.29 is 4.92 Å². The van der Waals surface area contributed by atoms with Gasteiger partial charge in [0, 0.05) is 0 Å². The second kappa shape index (κ2) is 3.18. The summed E-state index contributed by atoms with van der Waals surface area (Å²) < 4.78 is 1.30. The van der Waals surface area contributed by atoms with Gasteiger partial charge in [0.25, 0.3) is 0 Å². The van der Waals surface area contributed by atoms with Crippen LogP contribution in [0, 0.1) is 13.7 Å². The minimum Gasteiger partial charge on any atom is -0.258 e. The third kappa shape index (κ3) is 1.39. The van der Waals surface area contributed by atoms with Crippen LogP contribution in [-0.4, -0.2) is 9.91 Å². The van der Waals surface area contributed by atoms with Crippen molar-refractivity contribution in [3.63, 3.8) is 0 Å². The minimum atomic E-state index is -0.359. The van der Waals surface area contributed by atoms with Gasteiger partial charge in [-0.2, -0.15) is 0 Å². The third-order valence-corrected chi connectivity index (χ3v) is 3.33. The highest BCUT2D eigenvalue weighted by Crippen LogP contribution is 2.32. The molecular formula is C7H3IN2O2S. The number of nitrogens with zero attached hydrogens (tertiary/aromatic N) is 2. The Morgan fingerprint density at radius 1 is 1.54 bits per heavy atom. The van der Waals surface area contributed by atoms with Crippen molar-refractivity contribution in [2.75, 3.05) is 0 Å². The zero-order valence-corrected chi connectivity index (χ0v) is 9.20. The van der Waals surface area contributed by atoms with Crippen LogP contribution in [0.3, 0.4) is 0 Å². The lowest BCUT2D eigenvalue weighted by Crippen LogP contribution is -1.91. The van der Waals surface area contributed by atoms with Crippen LogP contribution in [0.1, 0.15) is 0 Å². The topological polar surface area (TPSA) is 56.0 Å². The van der Waals surface area contributed by atoms with Crippen LogP contribution >= 0.6 is 33.9 Å². The van der Waals surface area contributed by atoms with Gasteiger partial charge in [0.2, 0.25) is 0 Å². The molecule has 0 bridgehead atoms. The normalized spacial score (nSPS) is 10.5. The molecule has 0 radical (unpaired) electrons. The molecule has 0 atom stereocenters. The molecule has 1 aromatic heterocycles. The standard InChI is InChI=1S/C7H3IN2O2S/c8-4-1-2-5-7(13-3-9-5)6(4)10(11)12/h1-3H. The van der Waals surface area contributed by atoms with E-state index in [0.717, 1.165) is 0 Å². The SMILES string of the molecule is O=[N+]([O-])c1c(I)ccc2ncsc12. The number of nitro benzene ring substituents is 1. The summed E-state index contributed by atoms with van der Waals surface area (Å²) in [5.41, 5.74) is 2.48. The van der Waals surface area contributed by atoms with Crippen LogP contribution in [0.15, 0.2) is 17.6 Å². The Kier molecular flexibility index (Phi) is 2.16. The molecule has 0 fully saturated rings. The number of hydrogen-bond donors (Lipinski definition) is 0. The summed E-state index contributed by atoms with van der Waals surface area (Å²) in [4.78, 5) is 14.4. The molecule has 0 aliphatic rings. The highest BCUT2D eigenvalue weighted by Gasteiger charge is 2.17. The molecular weight excluding hydrogens is 303 g/mol. The molecule has 0 spiro atoms. The Bertz CT molecular complexity index is 482. The fourth-order valence-electron chi connectivity index (χ4n) is 1.06. The van der Waals surface area contributed by atoms with E-state index < -0.39 is 0 Å². The maximum Gasteiger partial charge on any atom is 0.301 e. The van der Waals surface area contributed by atoms with Gasteiger partial charge < -0.3 is 0 Å². The fraction of sp³-hybridized carbons (Fsp3) is 0. The molecule has 0 aliphatic carbocycles. The average molecular weight is 306 g/mol. The van der Waals surface area contributed by atoms with Crippen LogP contribution in [0.5, 0.6) is 0 Å². The summed E-state index contributed by atoms with van der Waals surface area (Å²) in [5, 5.41) is 10.7. The lowest BCUT2D eigenvalue weighted by atomic mass is 10.3. The molecule has 0 saturated carbocycles. The van der Waals surface area contributed by atoms with Gasteiger partial charge in [0.1, 0.15) is 4.70 Å². The third-order valence-electron chi connectivity index (χ3n) is 1.61. The second-order valence-electron chi connectivity index (χ2n) is 2.35. The van der Waals surface area contributed by atoms with Gasteiger partial charge in [-0.15, -0.1) is 11.3 Å². The number of hydrogen-bond acceptors (Lipinski definition) is 4. The molecule has 0 N–H and O–H groups in total. The molecule has 0 saturated heterocycles. The van der Waals surface area contributed by atoms with Gasteiger partial charge in [-0.3, -0.25) is 10.1 Å².